The van der Waals surface area contributed by atoms with Gasteiger partial charge >= 0.3 is 5.97 Å². The number of allylic oxidation sites excluding steroid dienone is 1. The smallest absolute Gasteiger partial charge is 0.331 e. The van der Waals surface area contributed by atoms with Crippen LogP contribution in [0.3, 0.4) is 0 Å². The van der Waals surface area contributed by atoms with Crippen molar-refractivity contribution in [2.24, 2.45) is 0 Å². The molecule has 70 valence electrons. The standard InChI is InChI=1S/C10H12O3/c1-2-8(10(11)12)5-6-9-4-3-7-13-9/h3-5,7H,2,6H2,1H3,(H,11,12)/b8-5-. The van der Waals surface area contributed by atoms with E-state index in [9.17, 15) is 4.79 Å². The lowest BCUT2D eigenvalue weighted by Gasteiger charge is -1.95. The molecule has 0 aliphatic carbocycles. The maximum absolute atomic E-state index is 10.6. The number of carboxylic acid groups (broad SMARTS) is 1. The first-order valence-electron chi connectivity index (χ1n) is 4.18. The van der Waals surface area contributed by atoms with Gasteiger partial charge < -0.3 is 9.52 Å². The number of furan rings is 1. The average Bonchev–Trinajstić information content (AvgIpc) is 2.57. The molecule has 3 heteroatoms. The van der Waals surface area contributed by atoms with Crippen LogP contribution < -0.4 is 0 Å². The van der Waals surface area contributed by atoms with Crippen LogP contribution in [-0.4, -0.2) is 11.1 Å². The Bertz CT molecular complexity index is 296. The van der Waals surface area contributed by atoms with Crippen LogP contribution in [0, 0.1) is 0 Å². The van der Waals surface area contributed by atoms with E-state index in [0.29, 0.717) is 18.4 Å². The fourth-order valence-corrected chi connectivity index (χ4v) is 1.04. The largest absolute Gasteiger partial charge is 0.478 e. The van der Waals surface area contributed by atoms with Gasteiger partial charge in [-0.2, -0.15) is 0 Å². The van der Waals surface area contributed by atoms with Gasteiger partial charge in [-0.1, -0.05) is 13.0 Å². The van der Waals surface area contributed by atoms with E-state index in [1.165, 1.54) is 0 Å². The molecular weight excluding hydrogens is 168 g/mol. The molecule has 13 heavy (non-hydrogen) atoms. The second-order valence-electron chi connectivity index (χ2n) is 2.67. The van der Waals surface area contributed by atoms with Gasteiger partial charge in [0.1, 0.15) is 5.76 Å². The molecule has 0 spiro atoms. The predicted molar refractivity (Wildman–Crippen MR) is 48.4 cm³/mol. The summed E-state index contributed by atoms with van der Waals surface area (Å²) in [5.41, 5.74) is 0.427. The summed E-state index contributed by atoms with van der Waals surface area (Å²) in [6.07, 6.45) is 4.34. The lowest BCUT2D eigenvalue weighted by atomic mass is 10.1. The third-order valence-electron chi connectivity index (χ3n) is 1.79. The monoisotopic (exact) mass is 180 g/mol. The second kappa shape index (κ2) is 4.50. The Hall–Kier alpha value is -1.51. The van der Waals surface area contributed by atoms with Gasteiger partial charge in [-0.25, -0.2) is 4.79 Å². The van der Waals surface area contributed by atoms with Crippen LogP contribution in [0.5, 0.6) is 0 Å². The molecule has 0 radical (unpaired) electrons. The van der Waals surface area contributed by atoms with Gasteiger partial charge in [0, 0.05) is 12.0 Å². The number of carbonyl (C=O) groups is 1. The van der Waals surface area contributed by atoms with Gasteiger partial charge in [0.25, 0.3) is 0 Å². The van der Waals surface area contributed by atoms with E-state index >= 15 is 0 Å². The number of hydrogen-bond donors (Lipinski definition) is 1. The molecule has 0 aromatic carbocycles. The third-order valence-corrected chi connectivity index (χ3v) is 1.79. The minimum atomic E-state index is -0.853. The predicted octanol–water partition coefficient (Wildman–Crippen LogP) is 2.24. The Balaban J connectivity index is 2.60. The first kappa shape index (κ1) is 9.58. The maximum atomic E-state index is 10.6. The van der Waals surface area contributed by atoms with E-state index in [-0.39, 0.29) is 0 Å². The summed E-state index contributed by atoms with van der Waals surface area (Å²) in [4.78, 5) is 10.6. The Morgan fingerprint density at radius 3 is 2.92 bits per heavy atom. The molecule has 0 saturated heterocycles. The highest BCUT2D eigenvalue weighted by Gasteiger charge is 2.03. The van der Waals surface area contributed by atoms with Crippen LogP contribution in [0.1, 0.15) is 19.1 Å². The molecule has 0 aliphatic heterocycles. The van der Waals surface area contributed by atoms with Crippen molar-refractivity contribution >= 4 is 5.97 Å². The number of rotatable bonds is 4. The Kier molecular flexibility index (Phi) is 3.31. The average molecular weight is 180 g/mol. The summed E-state index contributed by atoms with van der Waals surface area (Å²) in [5, 5.41) is 8.70. The van der Waals surface area contributed by atoms with E-state index < -0.39 is 5.97 Å². The molecular formula is C10H12O3. The molecule has 0 saturated carbocycles. The van der Waals surface area contributed by atoms with Crippen molar-refractivity contribution in [3.8, 4) is 0 Å². The zero-order valence-electron chi connectivity index (χ0n) is 7.49. The quantitative estimate of drug-likeness (QED) is 0.723. The molecule has 0 fully saturated rings. The molecule has 0 amide bonds. The minimum absolute atomic E-state index is 0.427. The van der Waals surface area contributed by atoms with Crippen LogP contribution in [0.2, 0.25) is 0 Å². The van der Waals surface area contributed by atoms with E-state index in [1.54, 1.807) is 18.4 Å². The van der Waals surface area contributed by atoms with E-state index in [2.05, 4.69) is 0 Å². The minimum Gasteiger partial charge on any atom is -0.478 e. The normalized spacial score (nSPS) is 11.6. The highest BCUT2D eigenvalue weighted by atomic mass is 16.4. The first-order chi connectivity index (χ1) is 6.24. The molecule has 1 rings (SSSR count). The molecule has 1 N–H and O–H groups in total. The fourth-order valence-electron chi connectivity index (χ4n) is 1.04. The van der Waals surface area contributed by atoms with Gasteiger partial charge in [0.2, 0.25) is 0 Å². The van der Waals surface area contributed by atoms with Crippen molar-refractivity contribution in [3.05, 3.63) is 35.8 Å². The van der Waals surface area contributed by atoms with Gasteiger partial charge in [-0.3, -0.25) is 0 Å². The maximum Gasteiger partial charge on any atom is 0.331 e. The van der Waals surface area contributed by atoms with Crippen LogP contribution in [0.25, 0.3) is 0 Å². The van der Waals surface area contributed by atoms with Crippen molar-refractivity contribution in [2.75, 3.05) is 0 Å². The highest BCUT2D eigenvalue weighted by Crippen LogP contribution is 2.06. The molecule has 1 aromatic rings. The van der Waals surface area contributed by atoms with Crippen LogP contribution in [0.4, 0.5) is 0 Å². The van der Waals surface area contributed by atoms with Crippen molar-refractivity contribution in [3.63, 3.8) is 0 Å². The Morgan fingerprint density at radius 2 is 2.46 bits per heavy atom. The third kappa shape index (κ3) is 2.78. The molecule has 1 aromatic heterocycles. The van der Waals surface area contributed by atoms with Crippen molar-refractivity contribution in [1.29, 1.82) is 0 Å². The lowest BCUT2D eigenvalue weighted by molar-refractivity contribution is -0.132. The van der Waals surface area contributed by atoms with Crippen molar-refractivity contribution < 1.29 is 14.3 Å². The summed E-state index contributed by atoms with van der Waals surface area (Å²) in [7, 11) is 0. The summed E-state index contributed by atoms with van der Waals surface area (Å²) < 4.78 is 5.07. The van der Waals surface area contributed by atoms with Gasteiger partial charge in [0.15, 0.2) is 0 Å². The van der Waals surface area contributed by atoms with E-state index in [0.717, 1.165) is 5.76 Å². The van der Waals surface area contributed by atoms with Gasteiger partial charge in [0.05, 0.1) is 6.26 Å². The van der Waals surface area contributed by atoms with E-state index in [4.69, 9.17) is 9.52 Å². The molecule has 0 unspecified atom stereocenters. The fraction of sp³-hybridized carbons (Fsp3) is 0.300. The summed E-state index contributed by atoms with van der Waals surface area (Å²) in [5.74, 6) is -0.0683. The highest BCUT2D eigenvalue weighted by molar-refractivity contribution is 5.86. The molecule has 1 heterocycles. The summed E-state index contributed by atoms with van der Waals surface area (Å²) in [6, 6.07) is 3.61. The lowest BCUT2D eigenvalue weighted by Crippen LogP contribution is -1.99. The molecule has 3 nitrogen and oxygen atoms in total. The Morgan fingerprint density at radius 1 is 1.69 bits per heavy atom. The molecule has 0 bridgehead atoms. The number of aliphatic carboxylic acids is 1. The second-order valence-corrected chi connectivity index (χ2v) is 2.67. The Labute approximate surface area is 76.7 Å². The van der Waals surface area contributed by atoms with Crippen molar-refractivity contribution in [1.82, 2.24) is 0 Å². The van der Waals surface area contributed by atoms with Crippen LogP contribution in [0.15, 0.2) is 34.5 Å². The number of carboxylic acids is 1. The summed E-state index contributed by atoms with van der Waals surface area (Å²) >= 11 is 0. The zero-order chi connectivity index (χ0) is 9.68. The first-order valence-corrected chi connectivity index (χ1v) is 4.18. The van der Waals surface area contributed by atoms with Crippen LogP contribution in [-0.2, 0) is 11.2 Å². The summed E-state index contributed by atoms with van der Waals surface area (Å²) in [6.45, 7) is 1.82. The number of hydrogen-bond acceptors (Lipinski definition) is 2. The van der Waals surface area contributed by atoms with Gasteiger partial charge in [-0.15, -0.1) is 0 Å². The van der Waals surface area contributed by atoms with E-state index in [1.807, 2.05) is 13.0 Å². The molecule has 0 atom stereocenters. The topological polar surface area (TPSA) is 50.4 Å². The zero-order valence-corrected chi connectivity index (χ0v) is 7.49. The van der Waals surface area contributed by atoms with Gasteiger partial charge in [-0.05, 0) is 18.6 Å². The SMILES string of the molecule is CC/C(=C/Cc1ccco1)C(=O)O. The van der Waals surface area contributed by atoms with Crippen LogP contribution >= 0.6 is 0 Å². The van der Waals surface area contributed by atoms with Crippen molar-refractivity contribution in [2.45, 2.75) is 19.8 Å². The molecule has 0 aliphatic rings.